The van der Waals surface area contributed by atoms with Crippen LogP contribution in [-0.4, -0.2) is 42.6 Å². The molecule has 0 aliphatic carbocycles. The molecule has 0 spiro atoms. The summed E-state index contributed by atoms with van der Waals surface area (Å²) in [6.45, 7) is 2.34. The number of non-ortho nitro benzene ring substituents is 1. The highest BCUT2D eigenvalue weighted by Crippen LogP contribution is 2.31. The van der Waals surface area contributed by atoms with E-state index in [1.54, 1.807) is 13.2 Å². The molecule has 3 rings (SSSR count). The minimum absolute atomic E-state index is 0.00508. The van der Waals surface area contributed by atoms with Crippen molar-refractivity contribution in [3.8, 4) is 5.75 Å². The second-order valence-corrected chi connectivity index (χ2v) is 6.64. The summed E-state index contributed by atoms with van der Waals surface area (Å²) in [5, 5.41) is 16.4. The van der Waals surface area contributed by atoms with Crippen LogP contribution in [0.2, 0.25) is 0 Å². The molecule has 1 atom stereocenters. The van der Waals surface area contributed by atoms with Gasteiger partial charge in [0.25, 0.3) is 5.69 Å². The first kappa shape index (κ1) is 19.6. The Kier molecular flexibility index (Phi) is 6.44. The van der Waals surface area contributed by atoms with Crippen LogP contribution in [0.25, 0.3) is 0 Å². The van der Waals surface area contributed by atoms with Gasteiger partial charge < -0.3 is 15.4 Å². The average molecular weight is 384 g/mol. The number of nitro benzene ring substituents is 1. The number of methoxy groups -OCH3 is 1. The fourth-order valence-electron chi connectivity index (χ4n) is 3.49. The summed E-state index contributed by atoms with van der Waals surface area (Å²) in [5.74, 6) is 0.792. The van der Waals surface area contributed by atoms with Crippen LogP contribution in [0.5, 0.6) is 5.75 Å². The molecule has 0 unspecified atom stereocenters. The van der Waals surface area contributed by atoms with Gasteiger partial charge in [-0.1, -0.05) is 24.3 Å². The number of nitrogens with zero attached hydrogens (tertiary/aromatic N) is 2. The highest BCUT2D eigenvalue weighted by Gasteiger charge is 2.26. The first-order valence-electron chi connectivity index (χ1n) is 9.25. The lowest BCUT2D eigenvalue weighted by Gasteiger charge is -2.29. The largest absolute Gasteiger partial charge is 0.496 e. The summed E-state index contributed by atoms with van der Waals surface area (Å²) in [7, 11) is 1.64. The number of benzene rings is 2. The van der Waals surface area contributed by atoms with Crippen LogP contribution >= 0.6 is 0 Å². The van der Waals surface area contributed by atoms with Gasteiger partial charge in [-0.2, -0.15) is 0 Å². The molecule has 1 saturated heterocycles. The van der Waals surface area contributed by atoms with Crippen molar-refractivity contribution < 1.29 is 14.5 Å². The van der Waals surface area contributed by atoms with Crippen molar-refractivity contribution in [3.05, 3.63) is 64.2 Å². The van der Waals surface area contributed by atoms with E-state index >= 15 is 0 Å². The lowest BCUT2D eigenvalue weighted by Crippen LogP contribution is -2.38. The monoisotopic (exact) mass is 384 g/mol. The van der Waals surface area contributed by atoms with Crippen molar-refractivity contribution in [2.75, 3.05) is 32.1 Å². The molecule has 2 aromatic carbocycles. The number of hydrogen-bond donors (Lipinski definition) is 2. The van der Waals surface area contributed by atoms with E-state index in [1.165, 1.54) is 18.2 Å². The molecule has 148 valence electrons. The quantitative estimate of drug-likeness (QED) is 0.562. The molecule has 2 amide bonds. The smallest absolute Gasteiger partial charge is 0.319 e. The molecule has 0 bridgehead atoms. The molecule has 8 nitrogen and oxygen atoms in total. The van der Waals surface area contributed by atoms with Crippen LogP contribution in [0.15, 0.2) is 48.5 Å². The number of hydrogen-bond acceptors (Lipinski definition) is 5. The van der Waals surface area contributed by atoms with Gasteiger partial charge in [0.1, 0.15) is 5.75 Å². The molecule has 2 N–H and O–H groups in total. The molecule has 8 heteroatoms. The predicted molar refractivity (Wildman–Crippen MR) is 107 cm³/mol. The highest BCUT2D eigenvalue weighted by molar-refractivity contribution is 5.89. The molecule has 1 heterocycles. The van der Waals surface area contributed by atoms with Crippen molar-refractivity contribution >= 4 is 17.4 Å². The van der Waals surface area contributed by atoms with Crippen molar-refractivity contribution in [3.63, 3.8) is 0 Å². The SMILES string of the molecule is COc1ccccc1[C@@H](CNC(=O)Nc1cccc([N+](=O)[O-])c1)N1CCCC1. The number of ether oxygens (including phenoxy) is 1. The topological polar surface area (TPSA) is 96.7 Å². The van der Waals surface area contributed by atoms with E-state index in [9.17, 15) is 14.9 Å². The number of para-hydroxylation sites is 1. The van der Waals surface area contributed by atoms with Crippen LogP contribution in [0.4, 0.5) is 16.2 Å². The maximum Gasteiger partial charge on any atom is 0.319 e. The third-order valence-electron chi connectivity index (χ3n) is 4.85. The number of nitrogens with one attached hydrogen (secondary N) is 2. The average Bonchev–Trinajstić information content (AvgIpc) is 3.23. The Morgan fingerprint density at radius 1 is 1.21 bits per heavy atom. The van der Waals surface area contributed by atoms with Crippen molar-refractivity contribution in [1.29, 1.82) is 0 Å². The number of urea groups is 1. The Bertz CT molecular complexity index is 836. The van der Waals surface area contributed by atoms with Gasteiger partial charge in [-0.25, -0.2) is 4.79 Å². The molecule has 1 aliphatic heterocycles. The van der Waals surface area contributed by atoms with Crippen LogP contribution in [0.1, 0.15) is 24.4 Å². The van der Waals surface area contributed by atoms with Gasteiger partial charge >= 0.3 is 6.03 Å². The van der Waals surface area contributed by atoms with Crippen LogP contribution in [0, 0.1) is 10.1 Å². The summed E-state index contributed by atoms with van der Waals surface area (Å²) < 4.78 is 5.51. The second kappa shape index (κ2) is 9.18. The molecule has 0 aromatic heterocycles. The molecule has 0 radical (unpaired) electrons. The molecule has 0 saturated carbocycles. The number of anilines is 1. The number of carbonyl (C=O) groups is 1. The molecular formula is C20H24N4O4. The maximum absolute atomic E-state index is 12.4. The Morgan fingerprint density at radius 3 is 2.68 bits per heavy atom. The normalized spacial score (nSPS) is 15.0. The molecule has 28 heavy (non-hydrogen) atoms. The Balaban J connectivity index is 1.69. The Hall–Kier alpha value is -3.13. The number of amides is 2. The first-order valence-corrected chi connectivity index (χ1v) is 9.25. The molecule has 2 aromatic rings. The Labute approximate surface area is 163 Å². The molecule has 1 aliphatic rings. The number of rotatable bonds is 7. The third kappa shape index (κ3) is 4.77. The fraction of sp³-hybridized carbons (Fsp3) is 0.350. The van der Waals surface area contributed by atoms with E-state index in [4.69, 9.17) is 4.74 Å². The highest BCUT2D eigenvalue weighted by atomic mass is 16.6. The Morgan fingerprint density at radius 2 is 1.96 bits per heavy atom. The van der Waals surface area contributed by atoms with Gasteiger partial charge in [0.05, 0.1) is 18.1 Å². The maximum atomic E-state index is 12.4. The number of likely N-dealkylation sites (tertiary alicyclic amines) is 1. The van der Waals surface area contributed by atoms with E-state index in [-0.39, 0.29) is 11.7 Å². The lowest BCUT2D eigenvalue weighted by atomic mass is 10.0. The number of carbonyl (C=O) groups excluding carboxylic acids is 1. The van der Waals surface area contributed by atoms with E-state index in [0.29, 0.717) is 12.2 Å². The summed E-state index contributed by atoms with van der Waals surface area (Å²) in [4.78, 5) is 25.1. The summed E-state index contributed by atoms with van der Waals surface area (Å²) in [6, 6.07) is 13.3. The van der Waals surface area contributed by atoms with E-state index < -0.39 is 11.0 Å². The second-order valence-electron chi connectivity index (χ2n) is 6.64. The molecular weight excluding hydrogens is 360 g/mol. The third-order valence-corrected chi connectivity index (χ3v) is 4.85. The predicted octanol–water partition coefficient (Wildman–Crippen LogP) is 3.56. The standard InChI is InChI=1S/C20H24N4O4/c1-28-19-10-3-2-9-17(19)18(23-11-4-5-12-23)14-21-20(25)22-15-7-6-8-16(13-15)24(26)27/h2-3,6-10,13,18H,4-5,11-12,14H2,1H3,(H2,21,22,25)/t18-/m1/s1. The van der Waals surface area contributed by atoms with E-state index in [2.05, 4.69) is 15.5 Å². The number of nitro groups is 1. The van der Waals surface area contributed by atoms with Gasteiger partial charge in [0, 0.05) is 29.9 Å². The zero-order valence-corrected chi connectivity index (χ0v) is 15.8. The lowest BCUT2D eigenvalue weighted by molar-refractivity contribution is -0.384. The summed E-state index contributed by atoms with van der Waals surface area (Å²) in [5.41, 5.74) is 1.34. The fourth-order valence-corrected chi connectivity index (χ4v) is 3.49. The van der Waals surface area contributed by atoms with Crippen molar-refractivity contribution in [2.45, 2.75) is 18.9 Å². The zero-order valence-electron chi connectivity index (χ0n) is 15.8. The van der Waals surface area contributed by atoms with Crippen molar-refractivity contribution in [1.82, 2.24) is 10.2 Å². The van der Waals surface area contributed by atoms with Crippen molar-refractivity contribution in [2.24, 2.45) is 0 Å². The van der Waals surface area contributed by atoms with Gasteiger partial charge in [-0.15, -0.1) is 0 Å². The van der Waals surface area contributed by atoms with Crippen LogP contribution in [-0.2, 0) is 0 Å². The first-order chi connectivity index (χ1) is 13.6. The zero-order chi connectivity index (χ0) is 19.9. The van der Waals surface area contributed by atoms with Gasteiger partial charge in [0.2, 0.25) is 0 Å². The summed E-state index contributed by atoms with van der Waals surface area (Å²) >= 11 is 0. The van der Waals surface area contributed by atoms with Gasteiger partial charge in [0.15, 0.2) is 0 Å². The minimum atomic E-state index is -0.492. The molecule has 1 fully saturated rings. The van der Waals surface area contributed by atoms with E-state index in [0.717, 1.165) is 37.2 Å². The van der Waals surface area contributed by atoms with Crippen LogP contribution < -0.4 is 15.4 Å². The van der Waals surface area contributed by atoms with E-state index in [1.807, 2.05) is 24.3 Å². The van der Waals surface area contributed by atoms with Gasteiger partial charge in [-0.05, 0) is 38.1 Å². The minimum Gasteiger partial charge on any atom is -0.496 e. The summed E-state index contributed by atoms with van der Waals surface area (Å²) in [6.07, 6.45) is 2.26. The van der Waals surface area contributed by atoms with Gasteiger partial charge in [-0.3, -0.25) is 15.0 Å². The van der Waals surface area contributed by atoms with Crippen LogP contribution in [0.3, 0.4) is 0 Å².